The minimum Gasteiger partial charge on any atom is -0.756 e. The molecule has 0 radical (unpaired) electrons. The number of phosphoric ester groups is 1. The number of carbonyl (C=O) groups is 1. The number of rotatable bonds is 39. The molecule has 8 nitrogen and oxygen atoms in total. The van der Waals surface area contributed by atoms with Crippen LogP contribution in [0, 0.1) is 0 Å². The molecule has 0 saturated heterocycles. The van der Waals surface area contributed by atoms with Crippen molar-refractivity contribution in [3.05, 3.63) is 73.1 Å². The number of hydrogen-bond donors (Lipinski definition) is 0. The van der Waals surface area contributed by atoms with E-state index in [4.69, 9.17) is 18.5 Å². The van der Waals surface area contributed by atoms with Crippen molar-refractivity contribution in [2.75, 3.05) is 47.5 Å². The van der Waals surface area contributed by atoms with Gasteiger partial charge in [-0.15, -0.1) is 0 Å². The lowest BCUT2D eigenvalue weighted by Crippen LogP contribution is -2.37. The summed E-state index contributed by atoms with van der Waals surface area (Å²) >= 11 is 0. The Morgan fingerprint density at radius 3 is 1.60 bits per heavy atom. The number of unbranched alkanes of at least 4 members (excludes halogenated alkanes) is 15. The highest BCUT2D eigenvalue weighted by atomic mass is 31.2. The number of likely N-dealkylation sites (N-methyl/N-ethyl adjacent to an activating group) is 1. The number of ether oxygens (including phenoxy) is 2. The molecule has 0 spiro atoms. The number of carbonyl (C=O) groups excluding carboxylic acids is 1. The Bertz CT molecular complexity index is 1110. The number of quaternary nitrogens is 1. The van der Waals surface area contributed by atoms with E-state index in [1.54, 1.807) is 6.26 Å². The first-order valence-corrected chi connectivity index (χ1v) is 23.2. The quantitative estimate of drug-likeness (QED) is 0.0153. The van der Waals surface area contributed by atoms with Crippen molar-refractivity contribution in [2.24, 2.45) is 0 Å². The molecular weight excluding hydrogens is 709 g/mol. The lowest BCUT2D eigenvalue weighted by atomic mass is 10.0. The van der Waals surface area contributed by atoms with Crippen molar-refractivity contribution in [1.29, 1.82) is 0 Å². The van der Waals surface area contributed by atoms with Crippen LogP contribution in [0.5, 0.6) is 0 Å². The molecule has 0 N–H and O–H groups in total. The molecule has 0 heterocycles. The van der Waals surface area contributed by atoms with Gasteiger partial charge in [-0.2, -0.15) is 0 Å². The third kappa shape index (κ3) is 42.8. The van der Waals surface area contributed by atoms with Gasteiger partial charge in [-0.1, -0.05) is 152 Å². The number of hydrogen-bond acceptors (Lipinski definition) is 7. The average molecular weight is 792 g/mol. The molecule has 1 unspecified atom stereocenters. The summed E-state index contributed by atoms with van der Waals surface area (Å²) in [4.78, 5) is 25.0. The standard InChI is InChI=1S/C46H82NO7P/c1-6-8-10-12-14-16-18-20-22-23-24-25-26-27-29-31-33-35-37-39-46(48)54-45(44-53-55(49,50)52-42-40-47(3,4)5)43-51-41-38-36-34-32-30-28-21-19-17-15-13-11-9-7-2/h8,10,14,16,20,22,24-25,27,29,38,41,45H,6-7,9,11-13,15,17-19,21,23,26,28,30-37,39-40,42-44H2,1-5H3/b10-8+,16-14+,22-20+,25-24+,29-27+,41-38+/t45-/m1/s1. The lowest BCUT2D eigenvalue weighted by molar-refractivity contribution is -0.870. The van der Waals surface area contributed by atoms with Gasteiger partial charge in [0.2, 0.25) is 0 Å². The molecule has 0 aromatic carbocycles. The third-order valence-corrected chi connectivity index (χ3v) is 9.80. The van der Waals surface area contributed by atoms with Crippen LogP contribution in [0.1, 0.15) is 162 Å². The zero-order chi connectivity index (χ0) is 40.6. The second kappa shape index (κ2) is 38.6. The van der Waals surface area contributed by atoms with E-state index in [-0.39, 0.29) is 32.2 Å². The third-order valence-electron chi connectivity index (χ3n) is 8.84. The summed E-state index contributed by atoms with van der Waals surface area (Å²) in [6.45, 7) is 4.57. The molecule has 0 aromatic rings. The SMILES string of the molecule is CC/C=C/C/C=C/C/C=C/C/C=C/C/C=C/CCCCCC(=O)O[C@H](CO/C=C/CCCCCCCCCCCCCC)COP(=O)([O-])OCC[N+](C)(C)C. The van der Waals surface area contributed by atoms with Crippen LogP contribution in [0.4, 0.5) is 0 Å². The molecule has 0 aliphatic rings. The normalized spacial score (nSPS) is 14.4. The monoisotopic (exact) mass is 792 g/mol. The minimum absolute atomic E-state index is 0.00361. The van der Waals surface area contributed by atoms with Gasteiger partial charge >= 0.3 is 5.97 Å². The predicted octanol–water partition coefficient (Wildman–Crippen LogP) is 12.4. The van der Waals surface area contributed by atoms with Crippen molar-refractivity contribution in [3.63, 3.8) is 0 Å². The van der Waals surface area contributed by atoms with E-state index in [9.17, 15) is 14.3 Å². The number of phosphoric acid groups is 1. The van der Waals surface area contributed by atoms with Crippen molar-refractivity contribution in [2.45, 2.75) is 168 Å². The zero-order valence-corrected chi connectivity index (χ0v) is 36.7. The van der Waals surface area contributed by atoms with Crippen molar-refractivity contribution < 1.29 is 37.3 Å². The summed E-state index contributed by atoms with van der Waals surface area (Å²) in [5.74, 6) is -0.390. The van der Waals surface area contributed by atoms with Crippen LogP contribution in [0.2, 0.25) is 0 Å². The van der Waals surface area contributed by atoms with Gasteiger partial charge in [0, 0.05) is 6.42 Å². The average Bonchev–Trinajstić information content (AvgIpc) is 3.13. The molecular formula is C46H82NO7P. The van der Waals surface area contributed by atoms with Crippen LogP contribution < -0.4 is 4.89 Å². The van der Waals surface area contributed by atoms with Crippen molar-refractivity contribution in [1.82, 2.24) is 0 Å². The molecule has 0 bridgehead atoms. The van der Waals surface area contributed by atoms with Gasteiger partial charge in [0.15, 0.2) is 6.10 Å². The van der Waals surface area contributed by atoms with Gasteiger partial charge in [-0.3, -0.25) is 9.36 Å². The smallest absolute Gasteiger partial charge is 0.306 e. The molecule has 0 aliphatic heterocycles. The number of nitrogens with zero attached hydrogens (tertiary/aromatic N) is 1. The molecule has 0 aliphatic carbocycles. The fourth-order valence-corrected chi connectivity index (χ4v) is 6.21. The molecule has 0 amide bonds. The summed E-state index contributed by atoms with van der Waals surface area (Å²) in [5, 5.41) is 0. The van der Waals surface area contributed by atoms with Gasteiger partial charge in [-0.25, -0.2) is 0 Å². The van der Waals surface area contributed by atoms with Crippen LogP contribution in [0.15, 0.2) is 73.1 Å². The van der Waals surface area contributed by atoms with E-state index >= 15 is 0 Å². The highest BCUT2D eigenvalue weighted by Gasteiger charge is 2.20. The maximum absolute atomic E-state index is 12.7. The predicted molar refractivity (Wildman–Crippen MR) is 231 cm³/mol. The van der Waals surface area contributed by atoms with E-state index in [2.05, 4.69) is 74.6 Å². The summed E-state index contributed by atoms with van der Waals surface area (Å²) < 4.78 is 34.3. The maximum Gasteiger partial charge on any atom is 0.306 e. The summed E-state index contributed by atoms with van der Waals surface area (Å²) in [5.41, 5.74) is 0. The number of allylic oxidation sites excluding steroid dienone is 11. The Balaban J connectivity index is 4.38. The first-order valence-electron chi connectivity index (χ1n) is 21.7. The van der Waals surface area contributed by atoms with Gasteiger partial charge in [0.1, 0.15) is 19.8 Å². The highest BCUT2D eigenvalue weighted by molar-refractivity contribution is 7.45. The first kappa shape index (κ1) is 52.8. The van der Waals surface area contributed by atoms with E-state index in [0.29, 0.717) is 17.4 Å². The number of esters is 1. The Labute approximate surface area is 338 Å². The van der Waals surface area contributed by atoms with Crippen LogP contribution >= 0.6 is 7.82 Å². The molecule has 9 heteroatoms. The van der Waals surface area contributed by atoms with Crippen molar-refractivity contribution >= 4 is 13.8 Å². The topological polar surface area (TPSA) is 94.1 Å². The van der Waals surface area contributed by atoms with Crippen LogP contribution in [0.3, 0.4) is 0 Å². The Morgan fingerprint density at radius 1 is 0.600 bits per heavy atom. The van der Waals surface area contributed by atoms with E-state index < -0.39 is 13.9 Å². The van der Waals surface area contributed by atoms with E-state index in [0.717, 1.165) is 64.2 Å². The van der Waals surface area contributed by atoms with Gasteiger partial charge in [0.25, 0.3) is 7.82 Å². The highest BCUT2D eigenvalue weighted by Crippen LogP contribution is 2.38. The van der Waals surface area contributed by atoms with Crippen LogP contribution in [0.25, 0.3) is 0 Å². The second-order valence-corrected chi connectivity index (χ2v) is 16.8. The molecule has 0 fully saturated rings. The first-order chi connectivity index (χ1) is 26.6. The Morgan fingerprint density at radius 2 is 1.07 bits per heavy atom. The second-order valence-electron chi connectivity index (χ2n) is 15.4. The van der Waals surface area contributed by atoms with E-state index in [1.807, 2.05) is 27.2 Å². The van der Waals surface area contributed by atoms with Crippen LogP contribution in [-0.4, -0.2) is 64.1 Å². The van der Waals surface area contributed by atoms with E-state index in [1.165, 1.54) is 70.6 Å². The fourth-order valence-electron chi connectivity index (χ4n) is 5.48. The Kier molecular flexibility index (Phi) is 37.1. The van der Waals surface area contributed by atoms with Gasteiger partial charge in [-0.05, 0) is 70.3 Å². The summed E-state index contributed by atoms with van der Waals surface area (Å²) in [7, 11) is 1.29. The Hall–Kier alpha value is -2.22. The van der Waals surface area contributed by atoms with Crippen molar-refractivity contribution in [3.8, 4) is 0 Å². The lowest BCUT2D eigenvalue weighted by Gasteiger charge is -2.28. The summed E-state index contributed by atoms with van der Waals surface area (Å²) in [6.07, 6.45) is 50.1. The molecule has 0 aromatic heterocycles. The van der Waals surface area contributed by atoms with Gasteiger partial charge < -0.3 is 27.9 Å². The summed E-state index contributed by atoms with van der Waals surface area (Å²) in [6, 6.07) is 0. The molecule has 0 saturated carbocycles. The largest absolute Gasteiger partial charge is 0.756 e. The van der Waals surface area contributed by atoms with Gasteiger partial charge in [0.05, 0.1) is 34.0 Å². The maximum atomic E-state index is 12.7. The fraction of sp³-hybridized carbons (Fsp3) is 0.717. The van der Waals surface area contributed by atoms with Crippen LogP contribution in [-0.2, 0) is 27.9 Å². The minimum atomic E-state index is -4.55. The molecule has 2 atom stereocenters. The molecule has 318 valence electrons. The molecule has 55 heavy (non-hydrogen) atoms. The zero-order valence-electron chi connectivity index (χ0n) is 35.8. The molecule has 0 rings (SSSR count).